The summed E-state index contributed by atoms with van der Waals surface area (Å²) in [6.07, 6.45) is 4.22. The lowest BCUT2D eigenvalue weighted by atomic mass is 10.1. The summed E-state index contributed by atoms with van der Waals surface area (Å²) in [7, 11) is 1.66. The van der Waals surface area contributed by atoms with E-state index in [4.69, 9.17) is 9.15 Å². The van der Waals surface area contributed by atoms with Crippen LogP contribution in [0, 0.1) is 6.92 Å². The summed E-state index contributed by atoms with van der Waals surface area (Å²) in [6.45, 7) is 4.09. The fourth-order valence-corrected chi connectivity index (χ4v) is 3.69. The molecule has 1 unspecified atom stereocenters. The van der Waals surface area contributed by atoms with Crippen molar-refractivity contribution in [2.45, 2.75) is 38.8 Å². The van der Waals surface area contributed by atoms with Crippen LogP contribution in [0.1, 0.15) is 36.9 Å². The molecular weight excluding hydrogens is 420 g/mol. The summed E-state index contributed by atoms with van der Waals surface area (Å²) in [5.41, 5.74) is 4.77. The lowest BCUT2D eigenvalue weighted by Gasteiger charge is -2.17. The summed E-state index contributed by atoms with van der Waals surface area (Å²) < 4.78 is 10.6. The largest absolute Gasteiger partial charge is 0.497 e. The van der Waals surface area contributed by atoms with Crippen LogP contribution in [0.2, 0.25) is 0 Å². The molecular formula is C24H26N6O3. The molecule has 5 rings (SSSR count). The molecule has 0 aliphatic heterocycles. The third-order valence-corrected chi connectivity index (χ3v) is 5.64. The second-order valence-electron chi connectivity index (χ2n) is 8.36. The number of fused-ring (bicyclic) bond motifs is 1. The predicted molar refractivity (Wildman–Crippen MR) is 128 cm³/mol. The Hall–Kier alpha value is -3.85. The zero-order valence-electron chi connectivity index (χ0n) is 18.7. The van der Waals surface area contributed by atoms with Gasteiger partial charge in [-0.25, -0.2) is 9.78 Å². The van der Waals surface area contributed by atoms with Gasteiger partial charge in [-0.05, 0) is 62.6 Å². The Labute approximate surface area is 190 Å². The normalized spacial score (nSPS) is 14.3. The molecule has 2 heterocycles. The van der Waals surface area contributed by atoms with E-state index in [9.17, 15) is 4.79 Å². The standard InChI is InChI=1S/C24H26N6O3/c1-13-12-25-23(30-22(13)27-17-6-7-21-20(11-17)29-24(31)33-21)28-18-8-15(9-19(10-18)32-3)14(2)26-16-4-5-16/h6-12,14,16,26H,4-5H2,1-3H3,(H,29,31)(H2,25,27,28,30). The van der Waals surface area contributed by atoms with Gasteiger partial charge in [0.25, 0.3) is 0 Å². The number of aromatic nitrogens is 3. The molecule has 33 heavy (non-hydrogen) atoms. The first kappa shape index (κ1) is 21.0. The van der Waals surface area contributed by atoms with Crippen molar-refractivity contribution < 1.29 is 9.15 Å². The number of hydrogen-bond acceptors (Lipinski definition) is 8. The molecule has 1 saturated carbocycles. The monoisotopic (exact) mass is 446 g/mol. The zero-order valence-corrected chi connectivity index (χ0v) is 18.7. The first-order chi connectivity index (χ1) is 16.0. The average molecular weight is 447 g/mol. The molecule has 9 nitrogen and oxygen atoms in total. The fourth-order valence-electron chi connectivity index (χ4n) is 3.69. The molecule has 0 spiro atoms. The highest BCUT2D eigenvalue weighted by molar-refractivity contribution is 5.78. The number of ether oxygens (including phenoxy) is 1. The number of nitrogens with zero attached hydrogens (tertiary/aromatic N) is 2. The summed E-state index contributed by atoms with van der Waals surface area (Å²) in [5.74, 6) is 1.41. The quantitative estimate of drug-likeness (QED) is 0.312. The number of anilines is 4. The SMILES string of the molecule is COc1cc(Nc2ncc(C)c(Nc3ccc4oc(=O)[nH]c4c3)n2)cc(C(C)NC2CC2)c1. The van der Waals surface area contributed by atoms with Crippen molar-refractivity contribution >= 4 is 34.2 Å². The highest BCUT2D eigenvalue weighted by Crippen LogP contribution is 2.30. The highest BCUT2D eigenvalue weighted by atomic mass is 16.5. The predicted octanol–water partition coefficient (Wildman–Crippen LogP) is 4.53. The lowest BCUT2D eigenvalue weighted by Crippen LogP contribution is -2.20. The van der Waals surface area contributed by atoms with Crippen molar-refractivity contribution in [2.75, 3.05) is 17.7 Å². The molecule has 170 valence electrons. The van der Waals surface area contributed by atoms with Crippen LogP contribution in [0.4, 0.5) is 23.1 Å². The zero-order chi connectivity index (χ0) is 22.9. The molecule has 2 aromatic heterocycles. The Morgan fingerprint density at radius 3 is 2.79 bits per heavy atom. The third kappa shape index (κ3) is 4.83. The van der Waals surface area contributed by atoms with Crippen LogP contribution in [0.15, 0.2) is 51.8 Å². The number of benzene rings is 2. The highest BCUT2D eigenvalue weighted by Gasteiger charge is 2.23. The summed E-state index contributed by atoms with van der Waals surface area (Å²) in [4.78, 5) is 23.2. The number of H-pyrrole nitrogens is 1. The first-order valence-corrected chi connectivity index (χ1v) is 10.9. The molecule has 1 atom stereocenters. The molecule has 0 saturated heterocycles. The molecule has 0 amide bonds. The van der Waals surface area contributed by atoms with E-state index >= 15 is 0 Å². The maximum absolute atomic E-state index is 11.4. The van der Waals surface area contributed by atoms with Crippen molar-refractivity contribution in [3.8, 4) is 5.75 Å². The van der Waals surface area contributed by atoms with E-state index in [2.05, 4.69) is 43.9 Å². The van der Waals surface area contributed by atoms with Gasteiger partial charge in [-0.3, -0.25) is 4.98 Å². The van der Waals surface area contributed by atoms with Crippen molar-refractivity contribution in [1.29, 1.82) is 0 Å². The van der Waals surface area contributed by atoms with Gasteiger partial charge in [0.15, 0.2) is 5.58 Å². The van der Waals surface area contributed by atoms with Crippen LogP contribution in [-0.2, 0) is 0 Å². The minimum Gasteiger partial charge on any atom is -0.497 e. The number of nitrogens with one attached hydrogen (secondary N) is 4. The minimum absolute atomic E-state index is 0.216. The van der Waals surface area contributed by atoms with E-state index in [0.717, 1.165) is 28.3 Å². The number of aromatic amines is 1. The number of aryl methyl sites for hydroxylation is 1. The first-order valence-electron chi connectivity index (χ1n) is 10.9. The van der Waals surface area contributed by atoms with Crippen molar-refractivity contribution in [1.82, 2.24) is 20.3 Å². The topological polar surface area (TPSA) is 117 Å². The number of rotatable bonds is 8. The van der Waals surface area contributed by atoms with E-state index < -0.39 is 5.76 Å². The Kier molecular flexibility index (Phi) is 5.47. The van der Waals surface area contributed by atoms with Gasteiger partial charge in [0.2, 0.25) is 5.95 Å². The maximum atomic E-state index is 11.4. The van der Waals surface area contributed by atoms with Crippen molar-refractivity contribution in [2.24, 2.45) is 0 Å². The average Bonchev–Trinajstić information content (AvgIpc) is 3.53. The molecule has 4 N–H and O–H groups in total. The van der Waals surface area contributed by atoms with Crippen LogP contribution in [0.25, 0.3) is 11.1 Å². The van der Waals surface area contributed by atoms with E-state index in [1.165, 1.54) is 12.8 Å². The Bertz CT molecular complexity index is 1360. The van der Waals surface area contributed by atoms with Crippen LogP contribution < -0.4 is 26.4 Å². The van der Waals surface area contributed by atoms with Crippen LogP contribution in [0.3, 0.4) is 0 Å². The number of hydrogen-bond donors (Lipinski definition) is 4. The third-order valence-electron chi connectivity index (χ3n) is 5.64. The number of oxazole rings is 1. The second kappa shape index (κ2) is 8.59. The molecule has 1 aliphatic carbocycles. The van der Waals surface area contributed by atoms with Gasteiger partial charge < -0.3 is 25.1 Å². The Morgan fingerprint density at radius 2 is 2.00 bits per heavy atom. The number of methoxy groups -OCH3 is 1. The maximum Gasteiger partial charge on any atom is 0.417 e. The summed E-state index contributed by atoms with van der Waals surface area (Å²) in [6, 6.07) is 12.2. The van der Waals surface area contributed by atoms with Gasteiger partial charge in [0, 0.05) is 41.3 Å². The Balaban J connectivity index is 1.38. The van der Waals surface area contributed by atoms with E-state index in [1.54, 1.807) is 25.4 Å². The van der Waals surface area contributed by atoms with Gasteiger partial charge in [0.1, 0.15) is 11.6 Å². The molecule has 4 aromatic rings. The second-order valence-corrected chi connectivity index (χ2v) is 8.36. The lowest BCUT2D eigenvalue weighted by molar-refractivity contribution is 0.413. The van der Waals surface area contributed by atoms with Crippen LogP contribution in [-0.4, -0.2) is 28.1 Å². The van der Waals surface area contributed by atoms with Gasteiger partial charge in [-0.15, -0.1) is 0 Å². The van der Waals surface area contributed by atoms with E-state index in [1.807, 2.05) is 25.1 Å². The van der Waals surface area contributed by atoms with Crippen molar-refractivity contribution in [3.63, 3.8) is 0 Å². The molecule has 9 heteroatoms. The van der Waals surface area contributed by atoms with Crippen LogP contribution >= 0.6 is 0 Å². The fraction of sp³-hybridized carbons (Fsp3) is 0.292. The smallest absolute Gasteiger partial charge is 0.417 e. The summed E-state index contributed by atoms with van der Waals surface area (Å²) in [5, 5.41) is 10.2. The Morgan fingerprint density at radius 1 is 1.15 bits per heavy atom. The van der Waals surface area contributed by atoms with E-state index in [0.29, 0.717) is 28.9 Å². The minimum atomic E-state index is -0.480. The van der Waals surface area contributed by atoms with Crippen molar-refractivity contribution in [3.05, 3.63) is 64.3 Å². The van der Waals surface area contributed by atoms with Crippen LogP contribution in [0.5, 0.6) is 5.75 Å². The molecule has 2 aromatic carbocycles. The van der Waals surface area contributed by atoms with Gasteiger partial charge in [0.05, 0.1) is 12.6 Å². The van der Waals surface area contributed by atoms with Gasteiger partial charge >= 0.3 is 5.76 Å². The summed E-state index contributed by atoms with van der Waals surface area (Å²) >= 11 is 0. The molecule has 0 radical (unpaired) electrons. The van der Waals surface area contributed by atoms with E-state index in [-0.39, 0.29) is 6.04 Å². The molecule has 0 bridgehead atoms. The van der Waals surface area contributed by atoms with Gasteiger partial charge in [-0.1, -0.05) is 0 Å². The molecule has 1 fully saturated rings. The molecule has 1 aliphatic rings. The van der Waals surface area contributed by atoms with Gasteiger partial charge in [-0.2, -0.15) is 4.98 Å².